The molecule has 3 nitrogen and oxygen atoms in total. The van der Waals surface area contributed by atoms with Crippen LogP contribution in [0.1, 0.15) is 18.4 Å². The molecule has 0 spiro atoms. The lowest BCUT2D eigenvalue weighted by Crippen LogP contribution is -2.12. The Balaban J connectivity index is 2.06. The Kier molecular flexibility index (Phi) is 3.22. The summed E-state index contributed by atoms with van der Waals surface area (Å²) in [4.78, 5) is 1.38. The summed E-state index contributed by atoms with van der Waals surface area (Å²) >= 11 is -1.23. The first kappa shape index (κ1) is 12.5. The van der Waals surface area contributed by atoms with Gasteiger partial charge in [-0.15, -0.1) is 0 Å². The van der Waals surface area contributed by atoms with Gasteiger partial charge in [0.05, 0.1) is 0 Å². The van der Waals surface area contributed by atoms with Gasteiger partial charge in [0.2, 0.25) is 9.79 Å². The quantitative estimate of drug-likeness (QED) is 0.856. The molecule has 0 aliphatic carbocycles. The molecule has 0 bridgehead atoms. The molecular formula is C15H14O3S. The summed E-state index contributed by atoms with van der Waals surface area (Å²) in [6.07, 6.45) is 0. The summed E-state index contributed by atoms with van der Waals surface area (Å²) < 4.78 is 18.3. The highest BCUT2D eigenvalue weighted by atomic mass is 32.2. The second-order valence-corrected chi connectivity index (χ2v) is 6.02. The fourth-order valence-electron chi connectivity index (χ4n) is 2.09. The first-order chi connectivity index (χ1) is 9.20. The zero-order chi connectivity index (χ0) is 13.4. The van der Waals surface area contributed by atoms with E-state index in [1.807, 2.05) is 49.4 Å². The molecule has 2 aromatic rings. The molecule has 0 aromatic heterocycles. The van der Waals surface area contributed by atoms with Gasteiger partial charge >= 0.3 is 0 Å². The molecule has 0 saturated carbocycles. The van der Waals surface area contributed by atoms with Crippen molar-refractivity contribution in [3.05, 3.63) is 48.0 Å². The number of hydrogen-bond donors (Lipinski definition) is 1. The van der Waals surface area contributed by atoms with Crippen LogP contribution in [-0.2, 0) is 11.2 Å². The first-order valence-electron chi connectivity index (χ1n) is 6.14. The molecule has 1 N–H and O–H groups in total. The van der Waals surface area contributed by atoms with Crippen LogP contribution in [-0.4, -0.2) is 16.3 Å². The summed E-state index contributed by atoms with van der Waals surface area (Å²) in [5.74, 6) is 1.31. The van der Waals surface area contributed by atoms with Crippen LogP contribution in [0.4, 0.5) is 0 Å². The second kappa shape index (κ2) is 4.89. The van der Waals surface area contributed by atoms with E-state index in [9.17, 15) is 9.66 Å². The Bertz CT molecular complexity index is 612. The number of aliphatic hydroxyl groups is 1. The number of fused-ring (bicyclic) bond motifs is 2. The zero-order valence-electron chi connectivity index (χ0n) is 10.5. The summed E-state index contributed by atoms with van der Waals surface area (Å²) in [7, 11) is 0. The highest BCUT2D eigenvalue weighted by Gasteiger charge is 2.30. The number of hydrogen-bond acceptors (Lipinski definition) is 3. The van der Waals surface area contributed by atoms with Gasteiger partial charge in [-0.05, 0) is 23.8 Å². The van der Waals surface area contributed by atoms with E-state index in [1.54, 1.807) is 0 Å². The SMILES string of the molecule is CC(CO)c1ccc2c(c1)[S+]([O-])c1ccccc1O2. The van der Waals surface area contributed by atoms with Crippen LogP contribution in [0.5, 0.6) is 11.5 Å². The van der Waals surface area contributed by atoms with Gasteiger partial charge in [-0.2, -0.15) is 0 Å². The van der Waals surface area contributed by atoms with Crippen LogP contribution in [0, 0.1) is 0 Å². The molecule has 2 atom stereocenters. The molecule has 2 unspecified atom stereocenters. The molecule has 2 aromatic carbocycles. The molecule has 1 aliphatic heterocycles. The third kappa shape index (κ3) is 2.12. The van der Waals surface area contributed by atoms with E-state index in [0.29, 0.717) is 21.3 Å². The molecule has 0 fully saturated rings. The van der Waals surface area contributed by atoms with E-state index in [4.69, 9.17) is 4.74 Å². The minimum Gasteiger partial charge on any atom is -0.606 e. The van der Waals surface area contributed by atoms with Crippen LogP contribution < -0.4 is 4.74 Å². The third-order valence-corrected chi connectivity index (χ3v) is 4.73. The molecular weight excluding hydrogens is 260 g/mol. The summed E-state index contributed by atoms with van der Waals surface area (Å²) in [6, 6.07) is 12.9. The van der Waals surface area contributed by atoms with Gasteiger partial charge in [-0.25, -0.2) is 0 Å². The van der Waals surface area contributed by atoms with Crippen molar-refractivity contribution in [2.45, 2.75) is 22.6 Å². The number of ether oxygens (including phenoxy) is 1. The van der Waals surface area contributed by atoms with Crippen LogP contribution in [0.2, 0.25) is 0 Å². The topological polar surface area (TPSA) is 52.5 Å². The predicted octanol–water partition coefficient (Wildman–Crippen LogP) is 3.05. The van der Waals surface area contributed by atoms with Gasteiger partial charge < -0.3 is 14.4 Å². The Morgan fingerprint density at radius 3 is 2.68 bits per heavy atom. The van der Waals surface area contributed by atoms with Gasteiger partial charge in [-0.3, -0.25) is 0 Å². The molecule has 3 rings (SSSR count). The Morgan fingerprint density at radius 2 is 1.89 bits per heavy atom. The molecule has 1 heterocycles. The normalized spacial score (nSPS) is 18.2. The minimum atomic E-state index is -1.23. The van der Waals surface area contributed by atoms with Crippen molar-refractivity contribution in [3.63, 3.8) is 0 Å². The van der Waals surface area contributed by atoms with Crippen molar-refractivity contribution >= 4 is 11.2 Å². The predicted molar refractivity (Wildman–Crippen MR) is 73.1 cm³/mol. The van der Waals surface area contributed by atoms with Crippen LogP contribution in [0.15, 0.2) is 52.3 Å². The minimum absolute atomic E-state index is 0.0273. The Morgan fingerprint density at radius 1 is 1.16 bits per heavy atom. The Labute approximate surface area is 115 Å². The fraction of sp³-hybridized carbons (Fsp3) is 0.200. The van der Waals surface area contributed by atoms with Gasteiger partial charge in [0.25, 0.3) is 0 Å². The maximum atomic E-state index is 12.5. The zero-order valence-corrected chi connectivity index (χ0v) is 11.3. The molecule has 4 heteroatoms. The average Bonchev–Trinajstić information content (AvgIpc) is 2.46. The van der Waals surface area contributed by atoms with E-state index in [1.165, 1.54) is 0 Å². The van der Waals surface area contributed by atoms with Crippen LogP contribution >= 0.6 is 0 Å². The smallest absolute Gasteiger partial charge is 0.201 e. The van der Waals surface area contributed by atoms with Gasteiger partial charge in [0.1, 0.15) is 0 Å². The second-order valence-electron chi connectivity index (χ2n) is 4.61. The monoisotopic (exact) mass is 274 g/mol. The highest BCUT2D eigenvalue weighted by Crippen LogP contribution is 2.43. The third-order valence-electron chi connectivity index (χ3n) is 3.28. The molecule has 1 aliphatic rings. The van der Waals surface area contributed by atoms with Gasteiger partial charge in [0.15, 0.2) is 11.5 Å². The van der Waals surface area contributed by atoms with Crippen molar-refractivity contribution in [2.75, 3.05) is 6.61 Å². The van der Waals surface area contributed by atoms with Crippen molar-refractivity contribution < 1.29 is 14.4 Å². The molecule has 98 valence electrons. The van der Waals surface area contributed by atoms with E-state index < -0.39 is 11.2 Å². The van der Waals surface area contributed by atoms with Crippen molar-refractivity contribution in [2.24, 2.45) is 0 Å². The van der Waals surface area contributed by atoms with E-state index in [-0.39, 0.29) is 12.5 Å². The van der Waals surface area contributed by atoms with E-state index in [0.717, 1.165) is 5.56 Å². The lowest BCUT2D eigenvalue weighted by atomic mass is 10.0. The number of benzene rings is 2. The molecule has 19 heavy (non-hydrogen) atoms. The lowest BCUT2D eigenvalue weighted by molar-refractivity contribution is 0.273. The Hall–Kier alpha value is -1.49. The van der Waals surface area contributed by atoms with Crippen molar-refractivity contribution in [3.8, 4) is 11.5 Å². The summed E-state index contributed by atoms with van der Waals surface area (Å²) in [5, 5.41) is 9.21. The van der Waals surface area contributed by atoms with E-state index in [2.05, 4.69) is 0 Å². The first-order valence-corrected chi connectivity index (χ1v) is 7.29. The molecule has 0 amide bonds. The summed E-state index contributed by atoms with van der Waals surface area (Å²) in [5.41, 5.74) is 0.970. The number of aliphatic hydroxyl groups excluding tert-OH is 1. The maximum Gasteiger partial charge on any atom is 0.201 e. The number of para-hydroxylation sites is 1. The molecule has 0 radical (unpaired) electrons. The lowest BCUT2D eigenvalue weighted by Gasteiger charge is -2.22. The largest absolute Gasteiger partial charge is 0.606 e. The van der Waals surface area contributed by atoms with Crippen molar-refractivity contribution in [1.82, 2.24) is 0 Å². The highest BCUT2D eigenvalue weighted by molar-refractivity contribution is 7.91. The van der Waals surface area contributed by atoms with Gasteiger partial charge in [0, 0.05) is 29.8 Å². The maximum absolute atomic E-state index is 12.5. The fourth-order valence-corrected chi connectivity index (χ4v) is 3.36. The van der Waals surface area contributed by atoms with Crippen LogP contribution in [0.3, 0.4) is 0 Å². The van der Waals surface area contributed by atoms with Gasteiger partial charge in [-0.1, -0.05) is 25.1 Å². The molecule has 0 saturated heterocycles. The number of rotatable bonds is 2. The van der Waals surface area contributed by atoms with Crippen LogP contribution in [0.25, 0.3) is 0 Å². The van der Waals surface area contributed by atoms with E-state index >= 15 is 0 Å². The van der Waals surface area contributed by atoms with Crippen molar-refractivity contribution in [1.29, 1.82) is 0 Å². The standard InChI is InChI=1S/C15H14O3S/c1-10(9-16)11-6-7-13-15(8-11)19(17)14-5-3-2-4-12(14)18-13/h2-8,10,16H,9H2,1H3. The summed E-state index contributed by atoms with van der Waals surface area (Å²) in [6.45, 7) is 2.01. The average molecular weight is 274 g/mol.